The van der Waals surface area contributed by atoms with Gasteiger partial charge in [-0.05, 0) is 31.5 Å². The average molecular weight is 338 g/mol. The normalized spacial score (nSPS) is 11.5. The SMILES string of the molecule is CC(=O)c1cccc(N(CC(=O)NC(C)c2ccccc2)C(C)=O)c1. The number of hydrogen-bond donors (Lipinski definition) is 1. The van der Waals surface area contributed by atoms with Crippen LogP contribution in [-0.2, 0) is 9.59 Å². The third kappa shape index (κ3) is 5.01. The lowest BCUT2D eigenvalue weighted by atomic mass is 10.1. The van der Waals surface area contributed by atoms with E-state index in [1.165, 1.54) is 18.7 Å². The molecule has 2 amide bonds. The highest BCUT2D eigenvalue weighted by atomic mass is 16.2. The van der Waals surface area contributed by atoms with Crippen LogP contribution in [0.4, 0.5) is 5.69 Å². The smallest absolute Gasteiger partial charge is 0.240 e. The summed E-state index contributed by atoms with van der Waals surface area (Å²) in [6.07, 6.45) is 0. The van der Waals surface area contributed by atoms with Crippen LogP contribution in [0.15, 0.2) is 54.6 Å². The molecule has 0 saturated heterocycles. The van der Waals surface area contributed by atoms with Crippen LogP contribution in [0, 0.1) is 0 Å². The largest absolute Gasteiger partial charge is 0.348 e. The van der Waals surface area contributed by atoms with E-state index in [1.54, 1.807) is 24.3 Å². The molecule has 5 heteroatoms. The number of nitrogens with zero attached hydrogens (tertiary/aromatic N) is 1. The highest BCUT2D eigenvalue weighted by Crippen LogP contribution is 2.17. The van der Waals surface area contributed by atoms with Gasteiger partial charge in [0.05, 0.1) is 6.04 Å². The number of rotatable bonds is 6. The van der Waals surface area contributed by atoms with Crippen LogP contribution in [0.5, 0.6) is 0 Å². The lowest BCUT2D eigenvalue weighted by Crippen LogP contribution is -2.40. The van der Waals surface area contributed by atoms with E-state index < -0.39 is 0 Å². The summed E-state index contributed by atoms with van der Waals surface area (Å²) in [5, 5.41) is 2.89. The number of amides is 2. The number of benzene rings is 2. The molecule has 2 aromatic rings. The van der Waals surface area contributed by atoms with Crippen LogP contribution in [0.25, 0.3) is 0 Å². The highest BCUT2D eigenvalue weighted by molar-refractivity contribution is 6.00. The van der Waals surface area contributed by atoms with Crippen LogP contribution >= 0.6 is 0 Å². The second-order valence-corrected chi connectivity index (χ2v) is 5.91. The molecule has 130 valence electrons. The summed E-state index contributed by atoms with van der Waals surface area (Å²) in [7, 11) is 0. The van der Waals surface area contributed by atoms with E-state index >= 15 is 0 Å². The minimum Gasteiger partial charge on any atom is -0.348 e. The number of carbonyl (C=O) groups excluding carboxylic acids is 3. The van der Waals surface area contributed by atoms with Crippen molar-refractivity contribution in [3.63, 3.8) is 0 Å². The summed E-state index contributed by atoms with van der Waals surface area (Å²) in [4.78, 5) is 37.2. The molecule has 0 spiro atoms. The molecule has 0 aliphatic heterocycles. The molecule has 0 aromatic heterocycles. The number of ketones is 1. The second-order valence-electron chi connectivity index (χ2n) is 5.91. The summed E-state index contributed by atoms with van der Waals surface area (Å²) >= 11 is 0. The Morgan fingerprint density at radius 1 is 1.00 bits per heavy atom. The average Bonchev–Trinajstić information content (AvgIpc) is 2.60. The fraction of sp³-hybridized carbons (Fsp3) is 0.250. The van der Waals surface area contributed by atoms with Crippen LogP contribution < -0.4 is 10.2 Å². The van der Waals surface area contributed by atoms with Gasteiger partial charge in [0.1, 0.15) is 6.54 Å². The molecule has 2 aromatic carbocycles. The van der Waals surface area contributed by atoms with Crippen molar-refractivity contribution in [1.82, 2.24) is 5.32 Å². The molecule has 0 bridgehead atoms. The Labute approximate surface area is 147 Å². The Kier molecular flexibility index (Phi) is 6.06. The van der Waals surface area contributed by atoms with Crippen molar-refractivity contribution in [2.75, 3.05) is 11.4 Å². The van der Waals surface area contributed by atoms with Crippen LogP contribution in [0.3, 0.4) is 0 Å². The van der Waals surface area contributed by atoms with Gasteiger partial charge in [0, 0.05) is 18.2 Å². The lowest BCUT2D eigenvalue weighted by Gasteiger charge is -2.22. The van der Waals surface area contributed by atoms with Gasteiger partial charge in [0.2, 0.25) is 11.8 Å². The first-order valence-corrected chi connectivity index (χ1v) is 8.12. The summed E-state index contributed by atoms with van der Waals surface area (Å²) < 4.78 is 0. The third-order valence-corrected chi connectivity index (χ3v) is 3.92. The number of hydrogen-bond acceptors (Lipinski definition) is 3. The monoisotopic (exact) mass is 338 g/mol. The Morgan fingerprint density at radius 3 is 2.28 bits per heavy atom. The van der Waals surface area contributed by atoms with E-state index in [4.69, 9.17) is 0 Å². The Morgan fingerprint density at radius 2 is 1.68 bits per heavy atom. The minimum atomic E-state index is -0.264. The van der Waals surface area contributed by atoms with Crippen LogP contribution in [-0.4, -0.2) is 24.1 Å². The first-order valence-electron chi connectivity index (χ1n) is 8.12. The van der Waals surface area contributed by atoms with E-state index in [1.807, 2.05) is 37.3 Å². The molecule has 1 N–H and O–H groups in total. The maximum atomic E-state index is 12.4. The van der Waals surface area contributed by atoms with Gasteiger partial charge in [0.25, 0.3) is 0 Å². The summed E-state index contributed by atoms with van der Waals surface area (Å²) in [6, 6.07) is 16.2. The van der Waals surface area contributed by atoms with Crippen molar-refractivity contribution >= 4 is 23.3 Å². The molecule has 0 radical (unpaired) electrons. The molecule has 0 aliphatic carbocycles. The molecule has 1 unspecified atom stereocenters. The Bertz CT molecular complexity index is 772. The molecule has 0 saturated carbocycles. The molecular weight excluding hydrogens is 316 g/mol. The fourth-order valence-electron chi connectivity index (χ4n) is 2.53. The predicted octanol–water partition coefficient (Wildman–Crippen LogP) is 3.12. The van der Waals surface area contributed by atoms with E-state index in [-0.39, 0.29) is 30.2 Å². The van der Waals surface area contributed by atoms with Crippen molar-refractivity contribution in [3.05, 3.63) is 65.7 Å². The molecule has 25 heavy (non-hydrogen) atoms. The Balaban J connectivity index is 2.11. The zero-order chi connectivity index (χ0) is 18.4. The summed E-state index contributed by atoms with van der Waals surface area (Å²) in [5.41, 5.74) is 2.02. The first kappa shape index (κ1) is 18.4. The minimum absolute atomic E-state index is 0.0903. The van der Waals surface area contributed by atoms with Gasteiger partial charge in [-0.15, -0.1) is 0 Å². The molecule has 2 rings (SSSR count). The van der Waals surface area contributed by atoms with Gasteiger partial charge in [-0.2, -0.15) is 0 Å². The fourth-order valence-corrected chi connectivity index (χ4v) is 2.53. The Hall–Kier alpha value is -2.95. The maximum Gasteiger partial charge on any atom is 0.240 e. The van der Waals surface area contributed by atoms with Crippen molar-refractivity contribution < 1.29 is 14.4 Å². The van der Waals surface area contributed by atoms with Crippen molar-refractivity contribution in [2.24, 2.45) is 0 Å². The topological polar surface area (TPSA) is 66.5 Å². The van der Waals surface area contributed by atoms with Gasteiger partial charge in [-0.1, -0.05) is 42.5 Å². The van der Waals surface area contributed by atoms with Crippen molar-refractivity contribution in [3.8, 4) is 0 Å². The number of nitrogens with one attached hydrogen (secondary N) is 1. The second kappa shape index (κ2) is 8.24. The van der Waals surface area contributed by atoms with Crippen LogP contribution in [0.1, 0.15) is 42.7 Å². The highest BCUT2D eigenvalue weighted by Gasteiger charge is 2.18. The summed E-state index contributed by atoms with van der Waals surface area (Å²) in [5.74, 6) is -0.615. The van der Waals surface area contributed by atoms with Crippen molar-refractivity contribution in [1.29, 1.82) is 0 Å². The van der Waals surface area contributed by atoms with E-state index in [9.17, 15) is 14.4 Å². The van der Waals surface area contributed by atoms with Crippen LogP contribution in [0.2, 0.25) is 0 Å². The van der Waals surface area contributed by atoms with E-state index in [2.05, 4.69) is 5.32 Å². The number of anilines is 1. The molecule has 5 nitrogen and oxygen atoms in total. The molecule has 1 atom stereocenters. The lowest BCUT2D eigenvalue weighted by molar-refractivity contribution is -0.123. The van der Waals surface area contributed by atoms with Gasteiger partial charge >= 0.3 is 0 Å². The first-order chi connectivity index (χ1) is 11.9. The van der Waals surface area contributed by atoms with Gasteiger partial charge < -0.3 is 10.2 Å². The molecular formula is C20H22N2O3. The zero-order valence-electron chi connectivity index (χ0n) is 14.7. The zero-order valence-corrected chi connectivity index (χ0v) is 14.7. The number of carbonyl (C=O) groups is 3. The summed E-state index contributed by atoms with van der Waals surface area (Å²) in [6.45, 7) is 4.65. The quantitative estimate of drug-likeness (QED) is 0.823. The molecule has 0 fully saturated rings. The molecule has 0 aliphatic rings. The predicted molar refractivity (Wildman–Crippen MR) is 97.5 cm³/mol. The van der Waals surface area contributed by atoms with Gasteiger partial charge in [0.15, 0.2) is 5.78 Å². The maximum absolute atomic E-state index is 12.4. The molecule has 0 heterocycles. The van der Waals surface area contributed by atoms with Gasteiger partial charge in [-0.25, -0.2) is 0 Å². The third-order valence-electron chi connectivity index (χ3n) is 3.92. The standard InChI is InChI=1S/C20H22N2O3/c1-14(17-8-5-4-6-9-17)21-20(25)13-22(16(3)24)19-11-7-10-18(12-19)15(2)23/h4-12,14H,13H2,1-3H3,(H,21,25). The van der Waals surface area contributed by atoms with E-state index in [0.29, 0.717) is 11.3 Å². The van der Waals surface area contributed by atoms with E-state index in [0.717, 1.165) is 5.56 Å². The number of Topliss-reactive ketones (excluding diaryl/α,β-unsaturated/α-hetero) is 1. The van der Waals surface area contributed by atoms with Crippen molar-refractivity contribution in [2.45, 2.75) is 26.8 Å². The van der Waals surface area contributed by atoms with Gasteiger partial charge in [-0.3, -0.25) is 14.4 Å².